The minimum absolute atomic E-state index is 0.0211. The maximum absolute atomic E-state index is 12.6. The molecule has 0 aromatic heterocycles. The zero-order chi connectivity index (χ0) is 14.2. The van der Waals surface area contributed by atoms with Crippen molar-refractivity contribution in [1.82, 2.24) is 0 Å². The van der Waals surface area contributed by atoms with Crippen LogP contribution >= 0.6 is 27.5 Å². The molecular formula is C16H14BrClO. The third kappa shape index (κ3) is 2.90. The van der Waals surface area contributed by atoms with Crippen LogP contribution in [0.5, 0.6) is 0 Å². The molecule has 98 valence electrons. The lowest BCUT2D eigenvalue weighted by Crippen LogP contribution is -2.05. The van der Waals surface area contributed by atoms with Crippen molar-refractivity contribution in [2.45, 2.75) is 20.8 Å². The summed E-state index contributed by atoms with van der Waals surface area (Å²) >= 11 is 9.51. The highest BCUT2D eigenvalue weighted by molar-refractivity contribution is 9.10. The molecule has 3 heteroatoms. The fourth-order valence-corrected chi connectivity index (χ4v) is 2.63. The summed E-state index contributed by atoms with van der Waals surface area (Å²) in [4.78, 5) is 12.6. The molecule has 0 amide bonds. The van der Waals surface area contributed by atoms with E-state index in [1.807, 2.05) is 51.1 Å². The maximum atomic E-state index is 12.6. The molecule has 0 aliphatic heterocycles. The monoisotopic (exact) mass is 336 g/mol. The lowest BCUT2D eigenvalue weighted by molar-refractivity contribution is 0.103. The first kappa shape index (κ1) is 14.3. The molecule has 0 saturated carbocycles. The molecule has 2 aromatic rings. The van der Waals surface area contributed by atoms with E-state index in [-0.39, 0.29) is 5.78 Å². The van der Waals surface area contributed by atoms with E-state index in [2.05, 4.69) is 15.9 Å². The Kier molecular flexibility index (Phi) is 4.12. The highest BCUT2D eigenvalue weighted by atomic mass is 79.9. The van der Waals surface area contributed by atoms with Crippen LogP contribution in [0.25, 0.3) is 0 Å². The Hall–Kier alpha value is -1.12. The van der Waals surface area contributed by atoms with E-state index < -0.39 is 0 Å². The first-order valence-electron chi connectivity index (χ1n) is 5.97. The van der Waals surface area contributed by atoms with Gasteiger partial charge in [0.1, 0.15) is 0 Å². The molecule has 0 N–H and O–H groups in total. The van der Waals surface area contributed by atoms with Gasteiger partial charge in [-0.2, -0.15) is 0 Å². The standard InChI is InChI=1S/C16H14BrClO/c1-9-4-5-14(17)13(6-9)16(19)12-7-11(3)15(18)8-10(12)2/h4-8H,1-3H3. The molecule has 0 heterocycles. The van der Waals surface area contributed by atoms with Crippen LogP contribution in [0.4, 0.5) is 0 Å². The zero-order valence-electron chi connectivity index (χ0n) is 11.1. The summed E-state index contributed by atoms with van der Waals surface area (Å²) in [6, 6.07) is 9.47. The van der Waals surface area contributed by atoms with E-state index in [1.165, 1.54) is 0 Å². The van der Waals surface area contributed by atoms with Crippen LogP contribution in [-0.2, 0) is 0 Å². The molecule has 0 atom stereocenters. The molecule has 19 heavy (non-hydrogen) atoms. The minimum Gasteiger partial charge on any atom is -0.289 e. The summed E-state index contributed by atoms with van der Waals surface area (Å²) in [6.07, 6.45) is 0. The number of halogens is 2. The third-order valence-electron chi connectivity index (χ3n) is 3.12. The SMILES string of the molecule is Cc1ccc(Br)c(C(=O)c2cc(C)c(Cl)cc2C)c1. The number of carbonyl (C=O) groups is 1. The highest BCUT2D eigenvalue weighted by Gasteiger charge is 2.16. The smallest absolute Gasteiger partial charge is 0.194 e. The van der Waals surface area contributed by atoms with E-state index in [9.17, 15) is 4.79 Å². The Bertz CT molecular complexity index is 662. The average Bonchev–Trinajstić information content (AvgIpc) is 2.36. The summed E-state index contributed by atoms with van der Waals surface area (Å²) in [5.41, 5.74) is 4.27. The van der Waals surface area contributed by atoms with Gasteiger partial charge >= 0.3 is 0 Å². The van der Waals surface area contributed by atoms with Crippen LogP contribution in [0.1, 0.15) is 32.6 Å². The fourth-order valence-electron chi connectivity index (χ4n) is 1.98. The lowest BCUT2D eigenvalue weighted by Gasteiger charge is -2.10. The maximum Gasteiger partial charge on any atom is 0.194 e. The number of hydrogen-bond donors (Lipinski definition) is 0. The van der Waals surface area contributed by atoms with Crippen LogP contribution in [0.3, 0.4) is 0 Å². The van der Waals surface area contributed by atoms with Crippen LogP contribution in [-0.4, -0.2) is 5.78 Å². The van der Waals surface area contributed by atoms with Crippen molar-refractivity contribution in [3.05, 3.63) is 67.6 Å². The molecule has 0 saturated heterocycles. The van der Waals surface area contributed by atoms with Gasteiger partial charge in [0.05, 0.1) is 0 Å². The van der Waals surface area contributed by atoms with Crippen molar-refractivity contribution >= 4 is 33.3 Å². The summed E-state index contributed by atoms with van der Waals surface area (Å²) in [7, 11) is 0. The van der Waals surface area contributed by atoms with E-state index in [0.29, 0.717) is 16.1 Å². The number of aryl methyl sites for hydroxylation is 3. The molecule has 2 aromatic carbocycles. The zero-order valence-corrected chi connectivity index (χ0v) is 13.4. The molecular weight excluding hydrogens is 324 g/mol. The molecule has 0 aliphatic rings. The number of benzene rings is 2. The van der Waals surface area contributed by atoms with Crippen LogP contribution in [0.15, 0.2) is 34.8 Å². The van der Waals surface area contributed by atoms with Crippen molar-refractivity contribution in [2.75, 3.05) is 0 Å². The molecule has 0 spiro atoms. The Morgan fingerprint density at radius 3 is 2.37 bits per heavy atom. The van der Waals surface area contributed by atoms with Crippen LogP contribution < -0.4 is 0 Å². The Morgan fingerprint density at radius 1 is 1.00 bits per heavy atom. The molecule has 2 rings (SSSR count). The topological polar surface area (TPSA) is 17.1 Å². The second-order valence-electron chi connectivity index (χ2n) is 4.73. The lowest BCUT2D eigenvalue weighted by atomic mass is 9.96. The van der Waals surface area contributed by atoms with Gasteiger partial charge in [-0.25, -0.2) is 0 Å². The first-order chi connectivity index (χ1) is 8.90. The fraction of sp³-hybridized carbons (Fsp3) is 0.188. The van der Waals surface area contributed by atoms with Gasteiger partial charge in [0.2, 0.25) is 0 Å². The summed E-state index contributed by atoms with van der Waals surface area (Å²) < 4.78 is 0.815. The van der Waals surface area contributed by atoms with Crippen molar-refractivity contribution in [1.29, 1.82) is 0 Å². The number of hydrogen-bond acceptors (Lipinski definition) is 1. The van der Waals surface area contributed by atoms with Crippen LogP contribution in [0.2, 0.25) is 5.02 Å². The van der Waals surface area contributed by atoms with E-state index in [4.69, 9.17) is 11.6 Å². The number of rotatable bonds is 2. The predicted octanol–water partition coefficient (Wildman–Crippen LogP) is 5.26. The molecule has 0 unspecified atom stereocenters. The molecule has 1 nitrogen and oxygen atoms in total. The van der Waals surface area contributed by atoms with Gasteiger partial charge in [-0.3, -0.25) is 4.79 Å². The van der Waals surface area contributed by atoms with Gasteiger partial charge in [0, 0.05) is 20.6 Å². The van der Waals surface area contributed by atoms with Crippen molar-refractivity contribution in [2.24, 2.45) is 0 Å². The summed E-state index contributed by atoms with van der Waals surface area (Å²) in [5.74, 6) is 0.0211. The molecule has 0 aliphatic carbocycles. The first-order valence-corrected chi connectivity index (χ1v) is 7.15. The van der Waals surface area contributed by atoms with Gasteiger partial charge in [-0.05, 0) is 56.2 Å². The number of ketones is 1. The van der Waals surface area contributed by atoms with Gasteiger partial charge in [-0.15, -0.1) is 0 Å². The molecule has 0 bridgehead atoms. The van der Waals surface area contributed by atoms with Crippen molar-refractivity contribution in [3.63, 3.8) is 0 Å². The Labute approximate surface area is 126 Å². The third-order valence-corrected chi connectivity index (χ3v) is 4.22. The summed E-state index contributed by atoms with van der Waals surface area (Å²) in [5, 5.41) is 0.692. The van der Waals surface area contributed by atoms with Crippen molar-refractivity contribution < 1.29 is 4.79 Å². The van der Waals surface area contributed by atoms with E-state index in [0.717, 1.165) is 21.2 Å². The minimum atomic E-state index is 0.0211. The van der Waals surface area contributed by atoms with E-state index >= 15 is 0 Å². The second-order valence-corrected chi connectivity index (χ2v) is 5.99. The van der Waals surface area contributed by atoms with E-state index in [1.54, 1.807) is 0 Å². The van der Waals surface area contributed by atoms with Gasteiger partial charge < -0.3 is 0 Å². The largest absolute Gasteiger partial charge is 0.289 e. The average molecular weight is 338 g/mol. The van der Waals surface area contributed by atoms with Gasteiger partial charge in [0.25, 0.3) is 0 Å². The van der Waals surface area contributed by atoms with Crippen LogP contribution in [0, 0.1) is 20.8 Å². The predicted molar refractivity (Wildman–Crippen MR) is 83.2 cm³/mol. The van der Waals surface area contributed by atoms with Gasteiger partial charge in [0.15, 0.2) is 5.78 Å². The molecule has 0 radical (unpaired) electrons. The normalized spacial score (nSPS) is 10.6. The Balaban J connectivity index is 2.56. The van der Waals surface area contributed by atoms with Crippen molar-refractivity contribution in [3.8, 4) is 0 Å². The number of carbonyl (C=O) groups excluding carboxylic acids is 1. The van der Waals surface area contributed by atoms with Gasteiger partial charge in [-0.1, -0.05) is 39.2 Å². The second kappa shape index (κ2) is 5.48. The quantitative estimate of drug-likeness (QED) is 0.683. The molecule has 0 fully saturated rings. The summed E-state index contributed by atoms with van der Waals surface area (Å²) in [6.45, 7) is 5.79. The highest BCUT2D eigenvalue weighted by Crippen LogP contribution is 2.26. The Morgan fingerprint density at radius 2 is 1.68 bits per heavy atom.